The van der Waals surface area contributed by atoms with Gasteiger partial charge in [-0.3, -0.25) is 4.90 Å². The molecule has 0 aromatic heterocycles. The van der Waals surface area contributed by atoms with Crippen LogP contribution in [0.5, 0.6) is 0 Å². The van der Waals surface area contributed by atoms with E-state index in [2.05, 4.69) is 45.1 Å². The first-order chi connectivity index (χ1) is 10.8. The molecule has 0 unspecified atom stereocenters. The molecule has 1 aliphatic heterocycles. The molecule has 0 N–H and O–H groups in total. The van der Waals surface area contributed by atoms with Gasteiger partial charge in [0.2, 0.25) is 0 Å². The van der Waals surface area contributed by atoms with Crippen molar-refractivity contribution in [1.29, 1.82) is 0 Å². The monoisotopic (exact) mass is 403 g/mol. The lowest BCUT2D eigenvalue weighted by molar-refractivity contribution is -0.0647. The van der Waals surface area contributed by atoms with E-state index < -0.39 is 0 Å². The van der Waals surface area contributed by atoms with Crippen LogP contribution < -0.4 is 0 Å². The fourth-order valence-electron chi connectivity index (χ4n) is 3.62. The van der Waals surface area contributed by atoms with Crippen molar-refractivity contribution in [2.75, 3.05) is 32.9 Å². The van der Waals surface area contributed by atoms with Crippen molar-refractivity contribution in [3.05, 3.63) is 34.3 Å². The smallest absolute Gasteiger partial charge is 0.0730 e. The highest BCUT2D eigenvalue weighted by Gasteiger charge is 2.31. The van der Waals surface area contributed by atoms with Crippen LogP contribution in [0.4, 0.5) is 0 Å². The highest BCUT2D eigenvalue weighted by molar-refractivity contribution is 9.10. The Kier molecular flexibility index (Phi) is 8.34. The zero-order valence-corrected chi connectivity index (χ0v) is 16.0. The summed E-state index contributed by atoms with van der Waals surface area (Å²) in [6.07, 6.45) is 6.51. The predicted molar refractivity (Wildman–Crippen MR) is 99.5 cm³/mol. The third kappa shape index (κ3) is 5.43. The molecule has 1 saturated carbocycles. The Labute approximate surface area is 154 Å². The summed E-state index contributed by atoms with van der Waals surface area (Å²) in [6.45, 7) is 4.69. The number of hydrogen-bond donors (Lipinski definition) is 0. The maximum atomic E-state index is 6.30. The van der Waals surface area contributed by atoms with Crippen LogP contribution in [-0.2, 0) is 15.9 Å². The van der Waals surface area contributed by atoms with Gasteiger partial charge in [-0.2, -0.15) is 0 Å². The van der Waals surface area contributed by atoms with E-state index in [0.29, 0.717) is 12.1 Å². The maximum absolute atomic E-state index is 6.30. The molecule has 0 bridgehead atoms. The fourth-order valence-corrected chi connectivity index (χ4v) is 4.10. The Morgan fingerprint density at radius 1 is 1.13 bits per heavy atom. The molecule has 2 atom stereocenters. The van der Waals surface area contributed by atoms with Gasteiger partial charge >= 0.3 is 0 Å². The minimum Gasteiger partial charge on any atom is -0.379 e. The van der Waals surface area contributed by atoms with Gasteiger partial charge in [-0.1, -0.05) is 47.0 Å². The van der Waals surface area contributed by atoms with E-state index in [0.717, 1.165) is 39.3 Å². The molecule has 2 aliphatic rings. The zero-order chi connectivity index (χ0) is 15.2. The van der Waals surface area contributed by atoms with Crippen LogP contribution >= 0.6 is 28.3 Å². The van der Waals surface area contributed by atoms with Crippen molar-refractivity contribution >= 4 is 28.3 Å². The lowest BCUT2D eigenvalue weighted by Crippen LogP contribution is -2.51. The number of morpholine rings is 1. The van der Waals surface area contributed by atoms with Gasteiger partial charge in [0.15, 0.2) is 0 Å². The summed E-state index contributed by atoms with van der Waals surface area (Å²) in [4.78, 5) is 2.59. The lowest BCUT2D eigenvalue weighted by Gasteiger charge is -2.41. The molecule has 1 saturated heterocycles. The highest BCUT2D eigenvalue weighted by atomic mass is 79.9. The van der Waals surface area contributed by atoms with Crippen LogP contribution in [0.15, 0.2) is 28.7 Å². The average Bonchev–Trinajstić information content (AvgIpc) is 2.58. The van der Waals surface area contributed by atoms with Gasteiger partial charge in [-0.15, -0.1) is 12.4 Å². The van der Waals surface area contributed by atoms with Crippen LogP contribution in [0.1, 0.15) is 31.2 Å². The van der Waals surface area contributed by atoms with Crippen LogP contribution in [0.3, 0.4) is 0 Å². The molecule has 130 valence electrons. The van der Waals surface area contributed by atoms with Crippen molar-refractivity contribution in [2.45, 2.75) is 44.2 Å². The first-order valence-corrected chi connectivity index (χ1v) is 9.31. The number of halogens is 2. The molecule has 2 fully saturated rings. The summed E-state index contributed by atoms with van der Waals surface area (Å²) < 4.78 is 13.0. The SMILES string of the molecule is Brc1ccccc1CCO[C@H]1CCCC[C@@H]1N1CCOCC1.Cl. The van der Waals surface area contributed by atoms with Crippen LogP contribution in [0.25, 0.3) is 0 Å². The second kappa shape index (κ2) is 10.00. The van der Waals surface area contributed by atoms with Gasteiger partial charge in [-0.05, 0) is 30.9 Å². The van der Waals surface area contributed by atoms with Crippen molar-refractivity contribution in [1.82, 2.24) is 4.90 Å². The first kappa shape index (κ1) is 19.2. The maximum Gasteiger partial charge on any atom is 0.0730 e. The van der Waals surface area contributed by atoms with E-state index in [-0.39, 0.29) is 12.4 Å². The molecule has 0 spiro atoms. The van der Waals surface area contributed by atoms with Gasteiger partial charge in [0, 0.05) is 23.6 Å². The van der Waals surface area contributed by atoms with Crippen molar-refractivity contribution in [2.24, 2.45) is 0 Å². The Morgan fingerprint density at radius 2 is 1.87 bits per heavy atom. The molecule has 1 aliphatic carbocycles. The molecule has 0 amide bonds. The minimum absolute atomic E-state index is 0. The predicted octanol–water partition coefficient (Wildman–Crippen LogP) is 4.07. The molecule has 23 heavy (non-hydrogen) atoms. The molecule has 0 radical (unpaired) electrons. The van der Waals surface area contributed by atoms with Crippen molar-refractivity contribution < 1.29 is 9.47 Å². The minimum atomic E-state index is 0. The molecule has 1 heterocycles. The molecule has 5 heteroatoms. The summed E-state index contributed by atoms with van der Waals surface area (Å²) in [5, 5.41) is 0. The summed E-state index contributed by atoms with van der Waals surface area (Å²) in [6, 6.07) is 9.03. The summed E-state index contributed by atoms with van der Waals surface area (Å²) in [7, 11) is 0. The molecule has 3 rings (SSSR count). The molecular formula is C18H27BrClNO2. The Hall–Kier alpha value is -0.130. The largest absolute Gasteiger partial charge is 0.379 e. The molecule has 1 aromatic rings. The Bertz CT molecular complexity index is 468. The number of rotatable bonds is 5. The summed E-state index contributed by atoms with van der Waals surface area (Å²) in [5.74, 6) is 0. The number of benzene rings is 1. The van der Waals surface area contributed by atoms with Crippen LogP contribution in [0, 0.1) is 0 Å². The summed E-state index contributed by atoms with van der Waals surface area (Å²) >= 11 is 3.62. The highest BCUT2D eigenvalue weighted by Crippen LogP contribution is 2.27. The summed E-state index contributed by atoms with van der Waals surface area (Å²) in [5.41, 5.74) is 1.33. The Balaban J connectivity index is 0.00000192. The third-order valence-corrected chi connectivity index (χ3v) is 5.62. The van der Waals surface area contributed by atoms with E-state index in [1.807, 2.05) is 0 Å². The van der Waals surface area contributed by atoms with Crippen molar-refractivity contribution in [3.8, 4) is 0 Å². The van der Waals surface area contributed by atoms with Crippen molar-refractivity contribution in [3.63, 3.8) is 0 Å². The number of hydrogen-bond acceptors (Lipinski definition) is 3. The first-order valence-electron chi connectivity index (χ1n) is 8.51. The van der Waals surface area contributed by atoms with E-state index in [1.165, 1.54) is 35.7 Å². The van der Waals surface area contributed by atoms with Gasteiger partial charge in [0.25, 0.3) is 0 Å². The van der Waals surface area contributed by atoms with Gasteiger partial charge in [-0.25, -0.2) is 0 Å². The second-order valence-electron chi connectivity index (χ2n) is 6.25. The quantitative estimate of drug-likeness (QED) is 0.738. The van der Waals surface area contributed by atoms with Gasteiger partial charge < -0.3 is 9.47 Å². The number of nitrogens with zero attached hydrogens (tertiary/aromatic N) is 1. The fraction of sp³-hybridized carbons (Fsp3) is 0.667. The van der Waals surface area contributed by atoms with Crippen LogP contribution in [-0.4, -0.2) is 50.0 Å². The van der Waals surface area contributed by atoms with Gasteiger partial charge in [0.1, 0.15) is 0 Å². The van der Waals surface area contributed by atoms with Gasteiger partial charge in [0.05, 0.1) is 25.9 Å². The molecule has 1 aromatic carbocycles. The number of ether oxygens (including phenoxy) is 2. The van der Waals surface area contributed by atoms with Crippen LogP contribution in [0.2, 0.25) is 0 Å². The second-order valence-corrected chi connectivity index (χ2v) is 7.11. The lowest BCUT2D eigenvalue weighted by atomic mass is 9.91. The van der Waals surface area contributed by atoms with E-state index in [1.54, 1.807) is 0 Å². The normalized spacial score (nSPS) is 25.8. The molecular weight excluding hydrogens is 378 g/mol. The van der Waals surface area contributed by atoms with E-state index in [4.69, 9.17) is 9.47 Å². The third-order valence-electron chi connectivity index (χ3n) is 4.84. The van der Waals surface area contributed by atoms with E-state index >= 15 is 0 Å². The Morgan fingerprint density at radius 3 is 2.65 bits per heavy atom. The zero-order valence-electron chi connectivity index (χ0n) is 13.6. The topological polar surface area (TPSA) is 21.7 Å². The molecule has 3 nitrogen and oxygen atoms in total. The standard InChI is InChI=1S/C18H26BrNO2.ClH/c19-16-6-2-1-5-15(16)9-12-22-18-8-4-3-7-17(18)20-10-13-21-14-11-20;/h1-2,5-6,17-18H,3-4,7-14H2;1H/t17-,18-;/m0./s1. The average molecular weight is 405 g/mol. The van der Waals surface area contributed by atoms with E-state index in [9.17, 15) is 0 Å².